The molecule has 4 rings (SSSR count). The van der Waals surface area contributed by atoms with E-state index in [4.69, 9.17) is 0 Å². The van der Waals surface area contributed by atoms with Gasteiger partial charge in [0.05, 0.1) is 11.8 Å². The van der Waals surface area contributed by atoms with Crippen LogP contribution in [0.15, 0.2) is 55.0 Å². The molecule has 0 unspecified atom stereocenters. The van der Waals surface area contributed by atoms with Crippen LogP contribution in [0.25, 0.3) is 0 Å². The van der Waals surface area contributed by atoms with Crippen molar-refractivity contribution >= 4 is 5.78 Å². The van der Waals surface area contributed by atoms with E-state index >= 15 is 0 Å². The molecule has 2 heterocycles. The highest BCUT2D eigenvalue weighted by atomic mass is 19.4. The molecule has 5 nitrogen and oxygen atoms in total. The molecule has 180 valence electrons. The Kier molecular flexibility index (Phi) is 7.59. The monoisotopic (exact) mass is 478 g/mol. The van der Waals surface area contributed by atoms with E-state index in [1.165, 1.54) is 6.07 Å². The molecule has 0 atom stereocenters. The van der Waals surface area contributed by atoms with Gasteiger partial charge >= 0.3 is 6.18 Å². The number of benzene rings is 2. The number of carbonyl (C=O) groups is 1. The van der Waals surface area contributed by atoms with Gasteiger partial charge in [-0.15, -0.1) is 0 Å². The Morgan fingerprint density at radius 3 is 2.60 bits per heavy atom. The van der Waals surface area contributed by atoms with Crippen molar-refractivity contribution in [2.45, 2.75) is 26.1 Å². The SMILES string of the molecule is Cc1ccc(C(=O)Cc2ccc(CN3CCNCC3)c(C(F)(F)F)c2)cc1C#Cc1cnccn1. The van der Waals surface area contributed by atoms with Crippen molar-refractivity contribution in [2.24, 2.45) is 0 Å². The van der Waals surface area contributed by atoms with Crippen LogP contribution in [-0.4, -0.2) is 46.8 Å². The molecule has 0 amide bonds. The van der Waals surface area contributed by atoms with Gasteiger partial charge in [0, 0.05) is 62.7 Å². The molecular formula is C27H25F3N4O. The van der Waals surface area contributed by atoms with Crippen LogP contribution in [0.1, 0.15) is 43.9 Å². The topological polar surface area (TPSA) is 58.1 Å². The number of carbonyl (C=O) groups excluding carboxylic acids is 1. The summed E-state index contributed by atoms with van der Waals surface area (Å²) >= 11 is 0. The minimum absolute atomic E-state index is 0.128. The average molecular weight is 479 g/mol. The Morgan fingerprint density at radius 1 is 1.09 bits per heavy atom. The van der Waals surface area contributed by atoms with Crippen molar-refractivity contribution in [3.05, 3.63) is 94.1 Å². The number of halogens is 3. The van der Waals surface area contributed by atoms with Gasteiger partial charge in [-0.1, -0.05) is 30.2 Å². The fourth-order valence-electron chi connectivity index (χ4n) is 3.96. The summed E-state index contributed by atoms with van der Waals surface area (Å²) in [4.78, 5) is 23.0. The molecule has 0 spiro atoms. The van der Waals surface area contributed by atoms with Crippen molar-refractivity contribution < 1.29 is 18.0 Å². The Bertz CT molecular complexity index is 1260. The molecule has 3 aromatic rings. The molecule has 2 aromatic carbocycles. The fourth-order valence-corrected chi connectivity index (χ4v) is 3.96. The van der Waals surface area contributed by atoms with Crippen LogP contribution in [0.4, 0.5) is 13.2 Å². The molecule has 8 heteroatoms. The van der Waals surface area contributed by atoms with Crippen LogP contribution >= 0.6 is 0 Å². The zero-order chi connectivity index (χ0) is 24.8. The Labute approximate surface area is 202 Å². The quantitative estimate of drug-likeness (QED) is 0.443. The Balaban J connectivity index is 1.54. The molecule has 1 N–H and O–H groups in total. The van der Waals surface area contributed by atoms with Crippen molar-refractivity contribution in [1.29, 1.82) is 0 Å². The van der Waals surface area contributed by atoms with E-state index in [-0.39, 0.29) is 24.3 Å². The van der Waals surface area contributed by atoms with E-state index in [9.17, 15) is 18.0 Å². The number of aromatic nitrogens is 2. The second-order valence-electron chi connectivity index (χ2n) is 8.49. The Morgan fingerprint density at radius 2 is 1.89 bits per heavy atom. The third-order valence-electron chi connectivity index (χ3n) is 5.90. The molecule has 1 aliphatic heterocycles. The number of hydrogen-bond donors (Lipinski definition) is 1. The summed E-state index contributed by atoms with van der Waals surface area (Å²) < 4.78 is 41.5. The summed E-state index contributed by atoms with van der Waals surface area (Å²) in [7, 11) is 0. The number of hydrogen-bond acceptors (Lipinski definition) is 5. The molecule has 1 aliphatic rings. The normalized spacial score (nSPS) is 14.3. The van der Waals surface area contributed by atoms with Gasteiger partial charge in [-0.25, -0.2) is 4.98 Å². The van der Waals surface area contributed by atoms with E-state index in [2.05, 4.69) is 27.1 Å². The van der Waals surface area contributed by atoms with Gasteiger partial charge in [0.25, 0.3) is 0 Å². The van der Waals surface area contributed by atoms with Gasteiger partial charge in [-0.2, -0.15) is 13.2 Å². The van der Waals surface area contributed by atoms with E-state index in [0.29, 0.717) is 35.5 Å². The number of aryl methyl sites for hydroxylation is 1. The maximum atomic E-state index is 13.8. The van der Waals surface area contributed by atoms with Gasteiger partial charge in [0.2, 0.25) is 0 Å². The van der Waals surface area contributed by atoms with E-state index in [1.54, 1.807) is 42.9 Å². The molecule has 0 bridgehead atoms. The first-order valence-electron chi connectivity index (χ1n) is 11.3. The third-order valence-corrected chi connectivity index (χ3v) is 5.90. The van der Waals surface area contributed by atoms with Crippen molar-refractivity contribution in [2.75, 3.05) is 26.2 Å². The van der Waals surface area contributed by atoms with Gasteiger partial charge in [-0.3, -0.25) is 14.7 Å². The first kappa shape index (κ1) is 24.6. The lowest BCUT2D eigenvalue weighted by Crippen LogP contribution is -2.43. The summed E-state index contributed by atoms with van der Waals surface area (Å²) in [6.45, 7) is 5.03. The van der Waals surface area contributed by atoms with Crippen molar-refractivity contribution in [3.63, 3.8) is 0 Å². The summed E-state index contributed by atoms with van der Waals surface area (Å²) in [5.74, 6) is 5.65. The fraction of sp³-hybridized carbons (Fsp3) is 0.296. The van der Waals surface area contributed by atoms with Crippen LogP contribution in [0, 0.1) is 18.8 Å². The summed E-state index contributed by atoms with van der Waals surface area (Å²) in [5, 5.41) is 3.20. The minimum Gasteiger partial charge on any atom is -0.314 e. The molecular weight excluding hydrogens is 453 g/mol. The number of nitrogens with one attached hydrogen (secondary N) is 1. The molecule has 0 radical (unpaired) electrons. The number of rotatable bonds is 5. The maximum Gasteiger partial charge on any atom is 0.416 e. The summed E-state index contributed by atoms with van der Waals surface area (Å²) in [6, 6.07) is 9.36. The van der Waals surface area contributed by atoms with Crippen molar-refractivity contribution in [3.8, 4) is 11.8 Å². The number of ketones is 1. The van der Waals surface area contributed by atoms with E-state index in [0.717, 1.165) is 24.7 Å². The van der Waals surface area contributed by atoms with Crippen LogP contribution in [0.2, 0.25) is 0 Å². The number of Topliss-reactive ketones (excluding diaryl/α,β-unsaturated/α-hetero) is 1. The molecule has 1 fully saturated rings. The van der Waals surface area contributed by atoms with Crippen LogP contribution in [0.5, 0.6) is 0 Å². The lowest BCUT2D eigenvalue weighted by molar-refractivity contribution is -0.138. The smallest absolute Gasteiger partial charge is 0.314 e. The lowest BCUT2D eigenvalue weighted by atomic mass is 9.96. The van der Waals surface area contributed by atoms with Gasteiger partial charge in [-0.05, 0) is 41.7 Å². The zero-order valence-corrected chi connectivity index (χ0v) is 19.3. The molecule has 1 saturated heterocycles. The highest BCUT2D eigenvalue weighted by Gasteiger charge is 2.34. The molecule has 0 saturated carbocycles. The second-order valence-corrected chi connectivity index (χ2v) is 8.49. The number of nitrogens with zero attached hydrogens (tertiary/aromatic N) is 3. The second kappa shape index (κ2) is 10.8. The summed E-state index contributed by atoms with van der Waals surface area (Å²) in [6.07, 6.45) is 0.0204. The van der Waals surface area contributed by atoms with Gasteiger partial charge < -0.3 is 5.32 Å². The molecule has 35 heavy (non-hydrogen) atoms. The molecule has 0 aliphatic carbocycles. The van der Waals surface area contributed by atoms with Gasteiger partial charge in [0.1, 0.15) is 5.69 Å². The predicted molar refractivity (Wildman–Crippen MR) is 127 cm³/mol. The Hall–Kier alpha value is -3.54. The largest absolute Gasteiger partial charge is 0.416 e. The van der Waals surface area contributed by atoms with Crippen LogP contribution < -0.4 is 5.32 Å². The molecule has 1 aromatic heterocycles. The minimum atomic E-state index is -4.49. The van der Waals surface area contributed by atoms with Crippen molar-refractivity contribution in [1.82, 2.24) is 20.2 Å². The summed E-state index contributed by atoms with van der Waals surface area (Å²) in [5.41, 5.74) is 2.33. The maximum absolute atomic E-state index is 13.8. The first-order chi connectivity index (χ1) is 16.8. The lowest BCUT2D eigenvalue weighted by Gasteiger charge is -2.28. The van der Waals surface area contributed by atoms with Gasteiger partial charge in [0.15, 0.2) is 5.78 Å². The zero-order valence-electron chi connectivity index (χ0n) is 19.3. The standard InChI is InChI=1S/C27H25F3N4O/c1-19-2-4-22(16-21(19)6-7-24-17-32-8-9-33-24)26(35)15-20-3-5-23(25(14-20)27(28,29)30)18-34-12-10-31-11-13-34/h2-5,8-9,14,16-17,31H,10-13,15,18H2,1H3. The third kappa shape index (κ3) is 6.53. The highest BCUT2D eigenvalue weighted by Crippen LogP contribution is 2.33. The van der Waals surface area contributed by atoms with E-state index in [1.807, 2.05) is 11.8 Å². The van der Waals surface area contributed by atoms with E-state index < -0.39 is 11.7 Å². The average Bonchev–Trinajstić information content (AvgIpc) is 2.85. The first-order valence-corrected chi connectivity index (χ1v) is 11.3. The highest BCUT2D eigenvalue weighted by molar-refractivity contribution is 5.98. The van der Waals surface area contributed by atoms with Crippen LogP contribution in [-0.2, 0) is 19.1 Å². The number of alkyl halides is 3. The van der Waals surface area contributed by atoms with Crippen LogP contribution in [0.3, 0.4) is 0 Å². The predicted octanol–water partition coefficient (Wildman–Crippen LogP) is 4.03. The number of piperazine rings is 1.